The second kappa shape index (κ2) is 7.23. The average molecular weight is 374 g/mol. The van der Waals surface area contributed by atoms with E-state index in [1.54, 1.807) is 0 Å². The standard InChI is InChI=1S/C23H26N4O/c1-23(2,3)22(28)27-15-13-26(14-16-27)21-18-11-7-8-12-19(18)24-20(25-21)17-9-5-4-6-10-17/h4-12H,13-16H2,1-3H3. The molecule has 0 N–H and O–H groups in total. The highest BCUT2D eigenvalue weighted by Gasteiger charge is 2.30. The molecule has 3 aromatic rings. The predicted molar refractivity (Wildman–Crippen MR) is 113 cm³/mol. The van der Waals surface area contributed by atoms with Crippen molar-refractivity contribution in [3.63, 3.8) is 0 Å². The van der Waals surface area contributed by atoms with E-state index in [0.29, 0.717) is 0 Å². The molecule has 2 aromatic carbocycles. The van der Waals surface area contributed by atoms with Gasteiger partial charge in [-0.1, -0.05) is 63.2 Å². The Morgan fingerprint density at radius 2 is 1.50 bits per heavy atom. The molecule has 0 radical (unpaired) electrons. The first-order chi connectivity index (χ1) is 13.4. The van der Waals surface area contributed by atoms with Crippen molar-refractivity contribution in [2.75, 3.05) is 31.1 Å². The van der Waals surface area contributed by atoms with E-state index in [4.69, 9.17) is 9.97 Å². The first-order valence-corrected chi connectivity index (χ1v) is 9.80. The second-order valence-corrected chi connectivity index (χ2v) is 8.28. The summed E-state index contributed by atoms with van der Waals surface area (Å²) in [5.41, 5.74) is 1.61. The van der Waals surface area contributed by atoms with Gasteiger partial charge in [0.1, 0.15) is 5.82 Å². The number of nitrogens with zero attached hydrogens (tertiary/aromatic N) is 4. The van der Waals surface area contributed by atoms with E-state index in [1.807, 2.05) is 74.2 Å². The Morgan fingerprint density at radius 1 is 0.857 bits per heavy atom. The number of rotatable bonds is 2. The molecule has 0 bridgehead atoms. The number of para-hydroxylation sites is 1. The van der Waals surface area contributed by atoms with E-state index in [2.05, 4.69) is 11.0 Å². The first kappa shape index (κ1) is 18.4. The summed E-state index contributed by atoms with van der Waals surface area (Å²) in [5, 5.41) is 1.05. The minimum atomic E-state index is -0.343. The summed E-state index contributed by atoms with van der Waals surface area (Å²) in [5.74, 6) is 1.90. The maximum atomic E-state index is 12.6. The Morgan fingerprint density at radius 3 is 2.18 bits per heavy atom. The van der Waals surface area contributed by atoms with Crippen LogP contribution in [0.2, 0.25) is 0 Å². The lowest BCUT2D eigenvalue weighted by atomic mass is 9.94. The van der Waals surface area contributed by atoms with Gasteiger partial charge in [0.2, 0.25) is 5.91 Å². The van der Waals surface area contributed by atoms with Crippen LogP contribution in [0.5, 0.6) is 0 Å². The van der Waals surface area contributed by atoms with Gasteiger partial charge in [-0.25, -0.2) is 9.97 Å². The van der Waals surface area contributed by atoms with Crippen LogP contribution in [0.3, 0.4) is 0 Å². The normalized spacial score (nSPS) is 15.1. The fourth-order valence-corrected chi connectivity index (χ4v) is 3.61. The molecule has 5 heteroatoms. The van der Waals surface area contributed by atoms with Crippen LogP contribution < -0.4 is 4.90 Å². The highest BCUT2D eigenvalue weighted by atomic mass is 16.2. The third kappa shape index (κ3) is 3.57. The van der Waals surface area contributed by atoms with Gasteiger partial charge in [0.05, 0.1) is 5.52 Å². The molecule has 5 nitrogen and oxygen atoms in total. The van der Waals surface area contributed by atoms with Gasteiger partial charge in [0, 0.05) is 42.5 Å². The Bertz CT molecular complexity index is 986. The molecule has 1 aliphatic rings. The van der Waals surface area contributed by atoms with Gasteiger partial charge >= 0.3 is 0 Å². The lowest BCUT2D eigenvalue weighted by Gasteiger charge is -2.38. The average Bonchev–Trinajstić information content (AvgIpc) is 2.72. The van der Waals surface area contributed by atoms with Crippen molar-refractivity contribution in [3.05, 3.63) is 54.6 Å². The maximum absolute atomic E-state index is 12.6. The van der Waals surface area contributed by atoms with Crippen LogP contribution in [-0.2, 0) is 4.79 Å². The van der Waals surface area contributed by atoms with E-state index in [9.17, 15) is 4.79 Å². The van der Waals surface area contributed by atoms with Crippen molar-refractivity contribution >= 4 is 22.6 Å². The monoisotopic (exact) mass is 374 g/mol. The Balaban J connectivity index is 1.66. The summed E-state index contributed by atoms with van der Waals surface area (Å²) in [6.45, 7) is 8.92. The number of fused-ring (bicyclic) bond motifs is 1. The van der Waals surface area contributed by atoms with Gasteiger partial charge in [-0.2, -0.15) is 0 Å². The number of carbonyl (C=O) groups excluding carboxylic acids is 1. The van der Waals surface area contributed by atoms with Gasteiger partial charge < -0.3 is 9.80 Å². The van der Waals surface area contributed by atoms with E-state index < -0.39 is 0 Å². The van der Waals surface area contributed by atoms with Crippen molar-refractivity contribution in [2.45, 2.75) is 20.8 Å². The smallest absolute Gasteiger partial charge is 0.228 e. The van der Waals surface area contributed by atoms with Gasteiger partial charge in [-0.15, -0.1) is 0 Å². The topological polar surface area (TPSA) is 49.3 Å². The number of hydrogen-bond donors (Lipinski definition) is 0. The van der Waals surface area contributed by atoms with E-state index in [1.165, 1.54) is 0 Å². The molecular weight excluding hydrogens is 348 g/mol. The Labute approximate surface area is 166 Å². The molecule has 1 aromatic heterocycles. The molecule has 28 heavy (non-hydrogen) atoms. The molecule has 0 spiro atoms. The summed E-state index contributed by atoms with van der Waals surface area (Å²) in [7, 11) is 0. The SMILES string of the molecule is CC(C)(C)C(=O)N1CCN(c2nc(-c3ccccc3)nc3ccccc23)CC1. The third-order valence-electron chi connectivity index (χ3n) is 5.12. The summed E-state index contributed by atoms with van der Waals surface area (Å²) in [6, 6.07) is 18.2. The van der Waals surface area contributed by atoms with Gasteiger partial charge in [-0.05, 0) is 12.1 Å². The van der Waals surface area contributed by atoms with Crippen LogP contribution in [0, 0.1) is 5.41 Å². The van der Waals surface area contributed by atoms with Gasteiger partial charge in [0.25, 0.3) is 0 Å². The molecule has 2 heterocycles. The Hall–Kier alpha value is -2.95. The summed E-state index contributed by atoms with van der Waals surface area (Å²) < 4.78 is 0. The quantitative estimate of drug-likeness (QED) is 0.680. The number of benzene rings is 2. The van der Waals surface area contributed by atoms with E-state index in [0.717, 1.165) is 54.3 Å². The first-order valence-electron chi connectivity index (χ1n) is 9.80. The molecule has 4 rings (SSSR count). The van der Waals surface area contributed by atoms with Gasteiger partial charge in [-0.3, -0.25) is 4.79 Å². The molecule has 1 fully saturated rings. The maximum Gasteiger partial charge on any atom is 0.228 e. The largest absolute Gasteiger partial charge is 0.352 e. The molecular formula is C23H26N4O. The minimum Gasteiger partial charge on any atom is -0.352 e. The zero-order valence-corrected chi connectivity index (χ0v) is 16.7. The van der Waals surface area contributed by atoms with Gasteiger partial charge in [0.15, 0.2) is 5.82 Å². The lowest BCUT2D eigenvalue weighted by Crippen LogP contribution is -2.52. The fraction of sp³-hybridized carbons (Fsp3) is 0.348. The number of hydrogen-bond acceptors (Lipinski definition) is 4. The molecule has 0 saturated carbocycles. The molecule has 0 unspecified atom stereocenters. The third-order valence-corrected chi connectivity index (χ3v) is 5.12. The van der Waals surface area contributed by atoms with Crippen LogP contribution >= 0.6 is 0 Å². The zero-order chi connectivity index (χ0) is 19.7. The fourth-order valence-electron chi connectivity index (χ4n) is 3.61. The predicted octanol–water partition coefficient (Wildman–Crippen LogP) is 3.99. The molecule has 1 saturated heterocycles. The number of aromatic nitrogens is 2. The summed E-state index contributed by atoms with van der Waals surface area (Å²) >= 11 is 0. The van der Waals surface area contributed by atoms with Crippen LogP contribution in [0.25, 0.3) is 22.3 Å². The molecule has 1 aliphatic heterocycles. The van der Waals surface area contributed by atoms with Crippen LogP contribution in [0.15, 0.2) is 54.6 Å². The van der Waals surface area contributed by atoms with E-state index >= 15 is 0 Å². The second-order valence-electron chi connectivity index (χ2n) is 8.28. The van der Waals surface area contributed by atoms with Crippen LogP contribution in [-0.4, -0.2) is 47.0 Å². The van der Waals surface area contributed by atoms with Crippen molar-refractivity contribution in [1.82, 2.24) is 14.9 Å². The highest BCUT2D eigenvalue weighted by molar-refractivity contribution is 5.91. The lowest BCUT2D eigenvalue weighted by molar-refractivity contribution is -0.139. The molecule has 0 atom stereocenters. The highest BCUT2D eigenvalue weighted by Crippen LogP contribution is 2.29. The van der Waals surface area contributed by atoms with Crippen molar-refractivity contribution in [1.29, 1.82) is 0 Å². The Kier molecular flexibility index (Phi) is 4.75. The molecule has 1 amide bonds. The number of carbonyl (C=O) groups is 1. The molecule has 0 aliphatic carbocycles. The number of amides is 1. The zero-order valence-electron chi connectivity index (χ0n) is 16.7. The van der Waals surface area contributed by atoms with Crippen molar-refractivity contribution in [3.8, 4) is 11.4 Å². The van der Waals surface area contributed by atoms with Crippen LogP contribution in [0.1, 0.15) is 20.8 Å². The molecule has 144 valence electrons. The van der Waals surface area contributed by atoms with Crippen molar-refractivity contribution < 1.29 is 4.79 Å². The number of piperazine rings is 1. The minimum absolute atomic E-state index is 0.213. The summed E-state index contributed by atoms with van der Waals surface area (Å²) in [4.78, 5) is 26.5. The summed E-state index contributed by atoms with van der Waals surface area (Å²) in [6.07, 6.45) is 0. The van der Waals surface area contributed by atoms with Crippen molar-refractivity contribution in [2.24, 2.45) is 5.41 Å². The van der Waals surface area contributed by atoms with Crippen LogP contribution in [0.4, 0.5) is 5.82 Å². The van der Waals surface area contributed by atoms with E-state index in [-0.39, 0.29) is 11.3 Å². The number of anilines is 1.